The van der Waals surface area contributed by atoms with E-state index in [9.17, 15) is 14.4 Å². The van der Waals surface area contributed by atoms with Crippen LogP contribution in [0.1, 0.15) is 47.0 Å². The maximum absolute atomic E-state index is 13.3. The molecule has 1 unspecified atom stereocenters. The van der Waals surface area contributed by atoms with Gasteiger partial charge in [-0.2, -0.15) is 4.37 Å². The van der Waals surface area contributed by atoms with Crippen LogP contribution in [0, 0.1) is 0 Å². The van der Waals surface area contributed by atoms with Crippen molar-refractivity contribution in [3.63, 3.8) is 0 Å². The fraction of sp³-hybridized carbons (Fsp3) is 0.562. The quantitative estimate of drug-likeness (QED) is 0.228. The molecule has 18 heteroatoms. The molecule has 1 fully saturated rings. The van der Waals surface area contributed by atoms with E-state index in [0.717, 1.165) is 11.7 Å². The van der Waals surface area contributed by atoms with E-state index in [4.69, 9.17) is 18.9 Å². The first kappa shape index (κ1) is 37.3. The van der Waals surface area contributed by atoms with Crippen LogP contribution in [0.2, 0.25) is 0 Å². The van der Waals surface area contributed by atoms with Crippen LogP contribution in [0.5, 0.6) is 5.88 Å². The first-order valence-electron chi connectivity index (χ1n) is 16.4. The van der Waals surface area contributed by atoms with E-state index in [1.54, 1.807) is 12.4 Å². The van der Waals surface area contributed by atoms with Gasteiger partial charge in [-0.1, -0.05) is 0 Å². The van der Waals surface area contributed by atoms with Gasteiger partial charge in [0.25, 0.3) is 11.8 Å². The number of hydrogen-bond donors (Lipinski definition) is 2. The standard InChI is InChI=1S/C32H42BrN9O7S/c1-20(30(45)42-13-12-36-31(42)38-22-8-9-23-27(26(22)33)35-11-10-34-23)48-24(43)6-5-7-25(44)49-21(18-37-32(2,3)4)19-47-29-28(39-50-40-29)41-14-16-46-17-15-41/h8-11,20-21,37H,5-7,12-19H2,1-4H3,(H,36,38)/t20?,21-/m0/s1. The van der Waals surface area contributed by atoms with E-state index in [-0.39, 0.29) is 31.4 Å². The predicted molar refractivity (Wildman–Crippen MR) is 190 cm³/mol. The normalized spacial score (nSPS) is 16.1. The number of rotatable bonds is 14. The summed E-state index contributed by atoms with van der Waals surface area (Å²) in [5.41, 5.74) is 1.82. The Balaban J connectivity index is 1.07. The summed E-state index contributed by atoms with van der Waals surface area (Å²) in [4.78, 5) is 55.3. The van der Waals surface area contributed by atoms with E-state index < -0.39 is 30.1 Å². The third kappa shape index (κ3) is 10.3. The van der Waals surface area contributed by atoms with Gasteiger partial charge in [0.2, 0.25) is 11.8 Å². The fourth-order valence-electron chi connectivity index (χ4n) is 5.10. The van der Waals surface area contributed by atoms with Crippen LogP contribution in [0.15, 0.2) is 34.0 Å². The number of esters is 2. The summed E-state index contributed by atoms with van der Waals surface area (Å²) in [6.07, 6.45) is 1.65. The number of halogens is 1. The van der Waals surface area contributed by atoms with Crippen LogP contribution >= 0.6 is 27.7 Å². The molecule has 50 heavy (non-hydrogen) atoms. The highest BCUT2D eigenvalue weighted by Crippen LogP contribution is 2.30. The smallest absolute Gasteiger partial charge is 0.306 e. The molecule has 0 spiro atoms. The second kappa shape index (κ2) is 17.3. The van der Waals surface area contributed by atoms with Gasteiger partial charge >= 0.3 is 11.9 Å². The number of nitrogens with zero attached hydrogens (tertiary/aromatic N) is 7. The Kier molecular flexibility index (Phi) is 12.9. The van der Waals surface area contributed by atoms with Gasteiger partial charge in [-0.05, 0) is 62.2 Å². The number of carbonyl (C=O) groups excluding carboxylic acids is 3. The molecular weight excluding hydrogens is 734 g/mol. The molecule has 2 aliphatic heterocycles. The summed E-state index contributed by atoms with van der Waals surface area (Å²) in [5.74, 6) is -0.116. The van der Waals surface area contributed by atoms with Crippen LogP contribution < -0.4 is 20.3 Å². The van der Waals surface area contributed by atoms with Crippen molar-refractivity contribution in [3.8, 4) is 5.88 Å². The maximum atomic E-state index is 13.3. The minimum atomic E-state index is -1.06. The van der Waals surface area contributed by atoms with Crippen molar-refractivity contribution in [1.29, 1.82) is 0 Å². The number of morpholine rings is 1. The summed E-state index contributed by atoms with van der Waals surface area (Å²) in [6, 6.07) is 3.63. The number of aliphatic imine (C=N–C) groups is 1. The molecule has 270 valence electrons. The number of fused-ring (bicyclic) bond motifs is 1. The predicted octanol–water partition coefficient (Wildman–Crippen LogP) is 3.17. The Morgan fingerprint density at radius 1 is 1.04 bits per heavy atom. The number of anilines is 2. The number of guanidine groups is 1. The Bertz CT molecular complexity index is 1680. The number of aromatic nitrogens is 4. The maximum Gasteiger partial charge on any atom is 0.306 e. The fourth-order valence-corrected chi connectivity index (χ4v) is 6.16. The van der Waals surface area contributed by atoms with Gasteiger partial charge in [-0.3, -0.25) is 34.2 Å². The Morgan fingerprint density at radius 2 is 1.78 bits per heavy atom. The van der Waals surface area contributed by atoms with Crippen molar-refractivity contribution in [2.75, 3.05) is 62.8 Å². The van der Waals surface area contributed by atoms with Crippen molar-refractivity contribution in [1.82, 2.24) is 28.9 Å². The number of benzene rings is 1. The first-order chi connectivity index (χ1) is 24.0. The van der Waals surface area contributed by atoms with E-state index in [2.05, 4.69) is 55.2 Å². The van der Waals surface area contributed by atoms with Crippen LogP contribution in [0.25, 0.3) is 11.0 Å². The van der Waals surface area contributed by atoms with E-state index in [1.165, 1.54) is 11.8 Å². The molecule has 0 saturated carbocycles. The highest BCUT2D eigenvalue weighted by molar-refractivity contribution is 9.10. The lowest BCUT2D eigenvalue weighted by atomic mass is 10.1. The van der Waals surface area contributed by atoms with Crippen LogP contribution in [-0.4, -0.2) is 118 Å². The van der Waals surface area contributed by atoms with E-state index in [1.807, 2.05) is 32.9 Å². The number of carbonyl (C=O) groups is 3. The molecule has 0 aliphatic carbocycles. The Hall–Kier alpha value is -4.00. The highest BCUT2D eigenvalue weighted by Gasteiger charge is 2.31. The third-order valence-corrected chi connectivity index (χ3v) is 8.97. The van der Waals surface area contributed by atoms with Crippen LogP contribution in [0.4, 0.5) is 11.5 Å². The molecule has 2 atom stereocenters. The molecule has 1 saturated heterocycles. The van der Waals surface area contributed by atoms with Gasteiger partial charge in [0.05, 0.1) is 47.2 Å². The zero-order valence-corrected chi connectivity index (χ0v) is 30.9. The second-order valence-corrected chi connectivity index (χ2v) is 14.0. The summed E-state index contributed by atoms with van der Waals surface area (Å²) in [5, 5.41) is 6.52. The number of hydrogen-bond acceptors (Lipinski definition) is 16. The molecule has 16 nitrogen and oxygen atoms in total. The summed E-state index contributed by atoms with van der Waals surface area (Å²) >= 11 is 4.62. The molecule has 5 rings (SSSR count). The zero-order chi connectivity index (χ0) is 35.7. The highest BCUT2D eigenvalue weighted by atomic mass is 79.9. The lowest BCUT2D eigenvalue weighted by Gasteiger charge is -2.27. The summed E-state index contributed by atoms with van der Waals surface area (Å²) < 4.78 is 31.9. The molecule has 2 aromatic heterocycles. The molecule has 2 aliphatic rings. The average Bonchev–Trinajstić information content (AvgIpc) is 3.77. The first-order valence-corrected chi connectivity index (χ1v) is 17.9. The molecule has 0 bridgehead atoms. The van der Waals surface area contributed by atoms with Gasteiger partial charge in [0.1, 0.15) is 18.2 Å². The van der Waals surface area contributed by atoms with Crippen molar-refractivity contribution in [2.45, 2.75) is 64.7 Å². The van der Waals surface area contributed by atoms with Crippen LogP contribution in [-0.2, 0) is 28.6 Å². The largest absolute Gasteiger partial charge is 0.470 e. The van der Waals surface area contributed by atoms with Gasteiger partial charge < -0.3 is 34.5 Å². The van der Waals surface area contributed by atoms with Crippen LogP contribution in [0.3, 0.4) is 0 Å². The Labute approximate surface area is 302 Å². The van der Waals surface area contributed by atoms with Gasteiger partial charge in [0.15, 0.2) is 6.10 Å². The minimum Gasteiger partial charge on any atom is -0.470 e. The topological polar surface area (TPSA) is 183 Å². The third-order valence-electron chi connectivity index (χ3n) is 7.67. The summed E-state index contributed by atoms with van der Waals surface area (Å²) in [6.45, 7) is 11.3. The van der Waals surface area contributed by atoms with E-state index >= 15 is 0 Å². The molecule has 1 amide bonds. The molecule has 0 radical (unpaired) electrons. The van der Waals surface area contributed by atoms with Gasteiger partial charge in [0, 0.05) is 57.0 Å². The zero-order valence-electron chi connectivity index (χ0n) is 28.5. The van der Waals surface area contributed by atoms with Gasteiger partial charge in [-0.15, -0.1) is 4.37 Å². The molecular formula is C32H42BrN9O7S. The second-order valence-electron chi connectivity index (χ2n) is 12.7. The Morgan fingerprint density at radius 3 is 2.54 bits per heavy atom. The lowest BCUT2D eigenvalue weighted by Crippen LogP contribution is -2.44. The van der Waals surface area contributed by atoms with Crippen molar-refractivity contribution >= 4 is 74.0 Å². The minimum absolute atomic E-state index is 0.0153. The number of nitrogens with one attached hydrogen (secondary N) is 2. The summed E-state index contributed by atoms with van der Waals surface area (Å²) in [7, 11) is 0. The van der Waals surface area contributed by atoms with E-state index in [0.29, 0.717) is 84.8 Å². The van der Waals surface area contributed by atoms with Gasteiger partial charge in [-0.25, -0.2) is 0 Å². The van der Waals surface area contributed by atoms with Crippen molar-refractivity contribution in [3.05, 3.63) is 29.0 Å². The molecule has 4 heterocycles. The lowest BCUT2D eigenvalue weighted by molar-refractivity contribution is -0.157. The van der Waals surface area contributed by atoms with Crippen molar-refractivity contribution < 1.29 is 33.3 Å². The monoisotopic (exact) mass is 775 g/mol. The SMILES string of the molecule is CC(OC(=O)CCCC(=O)O[C@@H](CNC(C)(C)C)COc1nsnc1N1CCOCC1)C(=O)N1CCN=C1Nc1ccc2nccnc2c1Br. The number of ether oxygens (including phenoxy) is 4. The average molecular weight is 777 g/mol. The molecule has 1 aromatic carbocycles. The number of amides is 1. The molecule has 2 N–H and O–H groups in total. The molecule has 3 aromatic rings. The van der Waals surface area contributed by atoms with Crippen molar-refractivity contribution in [2.24, 2.45) is 4.99 Å².